The molecule has 0 aliphatic rings. The number of benzene rings is 1. The molecule has 22 heavy (non-hydrogen) atoms. The fraction of sp³-hybridized carbons (Fsp3) is 0.250. The van der Waals surface area contributed by atoms with E-state index in [-0.39, 0.29) is 18.4 Å². The first kappa shape index (κ1) is 17.8. The molecule has 2 rings (SSSR count). The van der Waals surface area contributed by atoms with E-state index in [0.29, 0.717) is 29.2 Å². The molecule has 0 radical (unpaired) electrons. The Morgan fingerprint density at radius 3 is 2.59 bits per heavy atom. The predicted molar refractivity (Wildman–Crippen MR) is 91.1 cm³/mol. The van der Waals surface area contributed by atoms with Gasteiger partial charge in [0.25, 0.3) is 0 Å². The van der Waals surface area contributed by atoms with Crippen LogP contribution in [0.2, 0.25) is 0 Å². The van der Waals surface area contributed by atoms with Crippen molar-refractivity contribution < 1.29 is 9.53 Å². The lowest BCUT2D eigenvalue weighted by molar-refractivity contribution is 0.0526. The quantitative estimate of drug-likeness (QED) is 0.664. The van der Waals surface area contributed by atoms with Gasteiger partial charge >= 0.3 is 5.97 Å². The normalized spacial score (nSPS) is 9.77. The highest BCUT2D eigenvalue weighted by Gasteiger charge is 2.18. The smallest absolute Gasteiger partial charge is 0.342 e. The molecule has 1 aromatic heterocycles. The van der Waals surface area contributed by atoms with Gasteiger partial charge in [-0.1, -0.05) is 12.1 Å². The Balaban J connectivity index is 0.00000242. The monoisotopic (exact) mass is 321 g/mol. The van der Waals surface area contributed by atoms with Crippen molar-refractivity contribution in [3.63, 3.8) is 0 Å². The predicted octanol–water partition coefficient (Wildman–Crippen LogP) is 3.62. The third kappa shape index (κ3) is 3.89. The molecule has 0 amide bonds. The second kappa shape index (κ2) is 7.66. The first-order valence-electron chi connectivity index (χ1n) is 6.79. The van der Waals surface area contributed by atoms with Crippen LogP contribution in [-0.2, 0) is 4.74 Å². The minimum absolute atomic E-state index is 0. The molecule has 0 fully saturated rings. The summed E-state index contributed by atoms with van der Waals surface area (Å²) in [6, 6.07) is 9.20. The van der Waals surface area contributed by atoms with Gasteiger partial charge in [0, 0.05) is 5.69 Å². The molecule has 0 atom stereocenters. The molecule has 6 heteroatoms. The Labute approximate surface area is 136 Å². The average Bonchev–Trinajstić information content (AvgIpc) is 2.41. The Hall–Kier alpha value is -2.27. The third-order valence-electron chi connectivity index (χ3n) is 3.04. The number of carbonyl (C=O) groups is 1. The summed E-state index contributed by atoms with van der Waals surface area (Å²) < 4.78 is 5.11. The highest BCUT2D eigenvalue weighted by Crippen LogP contribution is 2.27. The summed E-state index contributed by atoms with van der Waals surface area (Å²) in [6.07, 6.45) is 0. The summed E-state index contributed by atoms with van der Waals surface area (Å²) in [5.41, 5.74) is 9.82. The third-order valence-corrected chi connectivity index (χ3v) is 3.04. The summed E-state index contributed by atoms with van der Waals surface area (Å²) in [5.74, 6) is -0.389. The molecular weight excluding hydrogens is 302 g/mol. The lowest BCUT2D eigenvalue weighted by Crippen LogP contribution is -2.12. The van der Waals surface area contributed by atoms with Crippen LogP contribution < -0.4 is 11.1 Å². The van der Waals surface area contributed by atoms with E-state index in [4.69, 9.17) is 10.5 Å². The summed E-state index contributed by atoms with van der Waals surface area (Å²) >= 11 is 0. The van der Waals surface area contributed by atoms with Crippen LogP contribution in [0.25, 0.3) is 0 Å². The van der Waals surface area contributed by atoms with Gasteiger partial charge in [-0.2, -0.15) is 0 Å². The van der Waals surface area contributed by atoms with E-state index in [1.54, 1.807) is 19.9 Å². The standard InChI is InChI=1S/C16H19N3O2.ClH/c1-4-21-16(20)15-11(3)18-10(2)9-14(15)19-13-8-6-5-7-12(13)17;/h5-9H,4,17H2,1-3H3,(H,18,19);1H. The molecule has 0 saturated heterocycles. The molecule has 0 spiro atoms. The van der Waals surface area contributed by atoms with Crippen molar-refractivity contribution >= 4 is 35.4 Å². The fourth-order valence-corrected chi connectivity index (χ4v) is 2.14. The van der Waals surface area contributed by atoms with Gasteiger partial charge in [0.1, 0.15) is 5.56 Å². The van der Waals surface area contributed by atoms with E-state index in [1.165, 1.54) is 0 Å². The number of anilines is 3. The highest BCUT2D eigenvalue weighted by molar-refractivity contribution is 5.98. The summed E-state index contributed by atoms with van der Waals surface area (Å²) in [4.78, 5) is 16.5. The van der Waals surface area contributed by atoms with Gasteiger partial charge in [-0.3, -0.25) is 4.98 Å². The maximum atomic E-state index is 12.1. The second-order valence-corrected chi connectivity index (χ2v) is 4.70. The van der Waals surface area contributed by atoms with Crippen LogP contribution in [0.15, 0.2) is 30.3 Å². The fourth-order valence-electron chi connectivity index (χ4n) is 2.14. The lowest BCUT2D eigenvalue weighted by Gasteiger charge is -2.15. The number of aryl methyl sites for hydroxylation is 2. The molecule has 5 nitrogen and oxygen atoms in total. The summed E-state index contributed by atoms with van der Waals surface area (Å²) in [5, 5.41) is 3.20. The summed E-state index contributed by atoms with van der Waals surface area (Å²) in [7, 11) is 0. The molecule has 3 N–H and O–H groups in total. The first-order valence-corrected chi connectivity index (χ1v) is 6.79. The SMILES string of the molecule is CCOC(=O)c1c(Nc2ccccc2N)cc(C)nc1C.Cl. The number of nitrogens with two attached hydrogens (primary N) is 1. The Bertz CT molecular complexity index is 674. The van der Waals surface area contributed by atoms with E-state index < -0.39 is 0 Å². The number of nitrogens with one attached hydrogen (secondary N) is 1. The number of halogens is 1. The molecule has 1 heterocycles. The Morgan fingerprint density at radius 2 is 1.95 bits per heavy atom. The Morgan fingerprint density at radius 1 is 1.27 bits per heavy atom. The largest absolute Gasteiger partial charge is 0.462 e. The van der Waals surface area contributed by atoms with E-state index in [0.717, 1.165) is 11.4 Å². The van der Waals surface area contributed by atoms with Crippen LogP contribution in [0.4, 0.5) is 17.1 Å². The number of hydrogen-bond donors (Lipinski definition) is 2. The minimum atomic E-state index is -0.389. The average molecular weight is 322 g/mol. The van der Waals surface area contributed by atoms with Gasteiger partial charge in [0.15, 0.2) is 0 Å². The number of carbonyl (C=O) groups excluding carboxylic acids is 1. The first-order chi connectivity index (χ1) is 10.0. The van der Waals surface area contributed by atoms with Gasteiger partial charge < -0.3 is 15.8 Å². The van der Waals surface area contributed by atoms with Crippen molar-refractivity contribution in [3.05, 3.63) is 47.3 Å². The molecule has 0 bridgehead atoms. The zero-order valence-electron chi connectivity index (χ0n) is 12.8. The van der Waals surface area contributed by atoms with Crippen LogP contribution in [0.5, 0.6) is 0 Å². The van der Waals surface area contributed by atoms with E-state index in [2.05, 4.69) is 10.3 Å². The molecule has 0 aliphatic carbocycles. The Kier molecular flexibility index (Phi) is 6.19. The zero-order chi connectivity index (χ0) is 15.4. The van der Waals surface area contributed by atoms with E-state index in [1.807, 2.05) is 31.2 Å². The van der Waals surface area contributed by atoms with Crippen molar-refractivity contribution in [1.29, 1.82) is 0 Å². The van der Waals surface area contributed by atoms with Crippen molar-refractivity contribution in [1.82, 2.24) is 4.98 Å². The van der Waals surface area contributed by atoms with Crippen LogP contribution in [0, 0.1) is 13.8 Å². The molecule has 0 unspecified atom stereocenters. The van der Waals surface area contributed by atoms with Crippen LogP contribution in [0.3, 0.4) is 0 Å². The molecule has 118 valence electrons. The number of hydrogen-bond acceptors (Lipinski definition) is 5. The van der Waals surface area contributed by atoms with Crippen molar-refractivity contribution in [3.8, 4) is 0 Å². The van der Waals surface area contributed by atoms with Gasteiger partial charge in [-0.05, 0) is 39.0 Å². The van der Waals surface area contributed by atoms with E-state index in [9.17, 15) is 4.79 Å². The number of nitrogen functional groups attached to an aromatic ring is 1. The summed E-state index contributed by atoms with van der Waals surface area (Å²) in [6.45, 7) is 5.76. The number of para-hydroxylation sites is 2. The van der Waals surface area contributed by atoms with Gasteiger partial charge in [0.2, 0.25) is 0 Å². The van der Waals surface area contributed by atoms with Gasteiger partial charge in [0.05, 0.1) is 29.4 Å². The van der Waals surface area contributed by atoms with Crippen molar-refractivity contribution in [2.45, 2.75) is 20.8 Å². The topological polar surface area (TPSA) is 77.2 Å². The van der Waals surface area contributed by atoms with Crippen LogP contribution in [-0.4, -0.2) is 17.6 Å². The molecular formula is C16H20ClN3O2. The molecule has 2 aromatic rings. The highest BCUT2D eigenvalue weighted by atomic mass is 35.5. The number of esters is 1. The minimum Gasteiger partial charge on any atom is -0.462 e. The zero-order valence-corrected chi connectivity index (χ0v) is 13.7. The number of pyridine rings is 1. The lowest BCUT2D eigenvalue weighted by atomic mass is 10.1. The molecule has 0 aliphatic heterocycles. The molecule has 0 saturated carbocycles. The van der Waals surface area contributed by atoms with Gasteiger partial charge in [-0.25, -0.2) is 4.79 Å². The van der Waals surface area contributed by atoms with E-state index >= 15 is 0 Å². The number of rotatable bonds is 4. The van der Waals surface area contributed by atoms with Gasteiger partial charge in [-0.15, -0.1) is 12.4 Å². The van der Waals surface area contributed by atoms with Crippen LogP contribution >= 0.6 is 12.4 Å². The number of aromatic nitrogens is 1. The van der Waals surface area contributed by atoms with Crippen molar-refractivity contribution in [2.75, 3.05) is 17.7 Å². The van der Waals surface area contributed by atoms with Crippen LogP contribution in [0.1, 0.15) is 28.7 Å². The molecule has 1 aromatic carbocycles. The second-order valence-electron chi connectivity index (χ2n) is 4.70. The maximum Gasteiger partial charge on any atom is 0.342 e. The van der Waals surface area contributed by atoms with Crippen molar-refractivity contribution in [2.24, 2.45) is 0 Å². The number of nitrogens with zero attached hydrogens (tertiary/aromatic N) is 1. The maximum absolute atomic E-state index is 12.1. The number of ether oxygens (including phenoxy) is 1.